The molecule has 86 valence electrons. The summed E-state index contributed by atoms with van der Waals surface area (Å²) in [6, 6.07) is 3.61. The van der Waals surface area contributed by atoms with Gasteiger partial charge in [0.25, 0.3) is 5.91 Å². The van der Waals surface area contributed by atoms with E-state index in [0.717, 1.165) is 0 Å². The zero-order valence-corrected chi connectivity index (χ0v) is 10.1. The number of aromatic hydroxyl groups is 1. The third-order valence-electron chi connectivity index (χ3n) is 1.98. The Morgan fingerprint density at radius 2 is 2.12 bits per heavy atom. The Labute approximate surface area is 101 Å². The minimum absolute atomic E-state index is 0.0422. The lowest BCUT2D eigenvalue weighted by atomic mass is 10.2. The van der Waals surface area contributed by atoms with Crippen molar-refractivity contribution in [1.29, 1.82) is 0 Å². The molecule has 0 aliphatic rings. The molecule has 0 heterocycles. The summed E-state index contributed by atoms with van der Waals surface area (Å²) in [5.41, 5.74) is 5.26. The van der Waals surface area contributed by atoms with Crippen LogP contribution in [0.5, 0.6) is 5.75 Å². The van der Waals surface area contributed by atoms with Gasteiger partial charge in [-0.2, -0.15) is 0 Å². The molecule has 1 unspecified atom stereocenters. The summed E-state index contributed by atoms with van der Waals surface area (Å²) in [5.74, 6) is -1.12. The van der Waals surface area contributed by atoms with Crippen LogP contribution in [-0.2, 0) is 4.79 Å². The van der Waals surface area contributed by atoms with E-state index < -0.39 is 17.9 Å². The molecule has 16 heavy (non-hydrogen) atoms. The topological polar surface area (TPSA) is 92.4 Å². The van der Waals surface area contributed by atoms with Crippen LogP contribution in [0, 0.1) is 0 Å². The van der Waals surface area contributed by atoms with E-state index in [-0.39, 0.29) is 11.3 Å². The van der Waals surface area contributed by atoms with Gasteiger partial charge in [0, 0.05) is 5.56 Å². The maximum Gasteiger partial charge on any atom is 0.252 e. The summed E-state index contributed by atoms with van der Waals surface area (Å²) >= 11 is 3.10. The number of halogens is 1. The Bertz CT molecular complexity index is 434. The monoisotopic (exact) mass is 286 g/mol. The highest BCUT2D eigenvalue weighted by Crippen LogP contribution is 2.24. The van der Waals surface area contributed by atoms with E-state index in [4.69, 9.17) is 5.73 Å². The van der Waals surface area contributed by atoms with Crippen molar-refractivity contribution in [3.8, 4) is 5.75 Å². The predicted octanol–water partition coefficient (Wildman–Crippen LogP) is 0.758. The molecule has 0 saturated heterocycles. The lowest BCUT2D eigenvalue weighted by Crippen LogP contribution is -2.42. The molecule has 0 spiro atoms. The minimum atomic E-state index is -0.752. The molecule has 1 aromatic carbocycles. The van der Waals surface area contributed by atoms with E-state index in [9.17, 15) is 14.7 Å². The summed E-state index contributed by atoms with van der Waals surface area (Å²) in [5, 5.41) is 11.8. The maximum absolute atomic E-state index is 11.6. The molecule has 0 aliphatic heterocycles. The Morgan fingerprint density at radius 1 is 1.50 bits per heavy atom. The zero-order valence-electron chi connectivity index (χ0n) is 8.53. The number of nitrogens with one attached hydrogen (secondary N) is 1. The molecule has 1 atom stereocenters. The van der Waals surface area contributed by atoms with Crippen molar-refractivity contribution >= 4 is 27.7 Å². The van der Waals surface area contributed by atoms with Crippen LogP contribution in [0.15, 0.2) is 22.7 Å². The normalized spacial score (nSPS) is 11.9. The van der Waals surface area contributed by atoms with Crippen molar-refractivity contribution in [2.75, 3.05) is 0 Å². The van der Waals surface area contributed by atoms with Crippen LogP contribution in [0.4, 0.5) is 0 Å². The van der Waals surface area contributed by atoms with Gasteiger partial charge >= 0.3 is 0 Å². The predicted molar refractivity (Wildman–Crippen MR) is 61.9 cm³/mol. The molecule has 6 heteroatoms. The lowest BCUT2D eigenvalue weighted by Gasteiger charge is -2.10. The van der Waals surface area contributed by atoms with Crippen molar-refractivity contribution in [2.45, 2.75) is 13.0 Å². The smallest absolute Gasteiger partial charge is 0.252 e. The second kappa shape index (κ2) is 4.98. The summed E-state index contributed by atoms with van der Waals surface area (Å²) in [7, 11) is 0. The summed E-state index contributed by atoms with van der Waals surface area (Å²) in [6.07, 6.45) is 0. The molecule has 0 radical (unpaired) electrons. The van der Waals surface area contributed by atoms with Gasteiger partial charge in [-0.1, -0.05) is 0 Å². The first-order chi connectivity index (χ1) is 7.41. The first-order valence-electron chi connectivity index (χ1n) is 4.50. The molecule has 4 N–H and O–H groups in total. The van der Waals surface area contributed by atoms with Crippen molar-refractivity contribution < 1.29 is 14.7 Å². The summed E-state index contributed by atoms with van der Waals surface area (Å²) in [6.45, 7) is 1.49. The molecule has 0 bridgehead atoms. The van der Waals surface area contributed by atoms with Crippen LogP contribution in [-0.4, -0.2) is 23.0 Å². The Hall–Kier alpha value is -1.56. The van der Waals surface area contributed by atoms with Gasteiger partial charge in [-0.05, 0) is 41.1 Å². The van der Waals surface area contributed by atoms with Gasteiger partial charge < -0.3 is 16.2 Å². The summed E-state index contributed by atoms with van der Waals surface area (Å²) < 4.78 is 0.493. The fourth-order valence-electron chi connectivity index (χ4n) is 1.01. The number of amides is 2. The number of hydrogen-bond donors (Lipinski definition) is 3. The molecule has 1 aromatic rings. The number of benzene rings is 1. The standard InChI is InChI=1S/C10H11BrN2O3/c1-5(9(12)15)13-10(16)6-2-3-7(11)8(14)4-6/h2-5,14H,1H3,(H2,12,15)(H,13,16). The number of carbonyl (C=O) groups is 2. The van der Waals surface area contributed by atoms with Crippen molar-refractivity contribution in [2.24, 2.45) is 5.73 Å². The van der Waals surface area contributed by atoms with Gasteiger partial charge in [0.15, 0.2) is 0 Å². The number of nitrogens with two attached hydrogens (primary N) is 1. The number of hydrogen-bond acceptors (Lipinski definition) is 3. The average molecular weight is 287 g/mol. The molecular weight excluding hydrogens is 276 g/mol. The lowest BCUT2D eigenvalue weighted by molar-refractivity contribution is -0.119. The van der Waals surface area contributed by atoms with Crippen LogP contribution in [0.2, 0.25) is 0 Å². The Morgan fingerprint density at radius 3 is 2.62 bits per heavy atom. The van der Waals surface area contributed by atoms with Gasteiger partial charge in [-0.25, -0.2) is 0 Å². The highest BCUT2D eigenvalue weighted by Gasteiger charge is 2.14. The van der Waals surface area contributed by atoms with Gasteiger partial charge in [0.1, 0.15) is 11.8 Å². The quantitative estimate of drug-likeness (QED) is 0.766. The number of primary amides is 1. The Balaban J connectivity index is 2.81. The Kier molecular flexibility index (Phi) is 3.89. The van der Waals surface area contributed by atoms with Crippen molar-refractivity contribution in [3.63, 3.8) is 0 Å². The largest absolute Gasteiger partial charge is 0.507 e. The second-order valence-corrected chi connectivity index (χ2v) is 4.12. The third-order valence-corrected chi connectivity index (χ3v) is 2.65. The fraction of sp³-hybridized carbons (Fsp3) is 0.200. The molecule has 0 aromatic heterocycles. The molecule has 2 amide bonds. The number of phenols is 1. The number of carbonyl (C=O) groups excluding carboxylic acids is 2. The van der Waals surface area contributed by atoms with Crippen LogP contribution in [0.1, 0.15) is 17.3 Å². The molecule has 5 nitrogen and oxygen atoms in total. The van der Waals surface area contributed by atoms with E-state index in [1.165, 1.54) is 19.1 Å². The molecule has 0 saturated carbocycles. The van der Waals surface area contributed by atoms with Gasteiger partial charge in [0.05, 0.1) is 4.47 Å². The van der Waals surface area contributed by atoms with Crippen LogP contribution in [0.25, 0.3) is 0 Å². The summed E-state index contributed by atoms with van der Waals surface area (Å²) in [4.78, 5) is 22.3. The van der Waals surface area contributed by atoms with Gasteiger partial charge in [0.2, 0.25) is 5.91 Å². The van der Waals surface area contributed by atoms with Crippen molar-refractivity contribution in [3.05, 3.63) is 28.2 Å². The molecule has 0 aliphatic carbocycles. The van der Waals surface area contributed by atoms with Crippen LogP contribution in [0.3, 0.4) is 0 Å². The van der Waals surface area contributed by atoms with E-state index in [1.807, 2.05) is 0 Å². The maximum atomic E-state index is 11.6. The van der Waals surface area contributed by atoms with Crippen molar-refractivity contribution in [1.82, 2.24) is 5.32 Å². The molecule has 0 fully saturated rings. The van der Waals surface area contributed by atoms with E-state index >= 15 is 0 Å². The highest BCUT2D eigenvalue weighted by atomic mass is 79.9. The van der Waals surface area contributed by atoms with Gasteiger partial charge in [-0.3, -0.25) is 9.59 Å². The fourth-order valence-corrected chi connectivity index (χ4v) is 1.25. The number of phenolic OH excluding ortho intramolecular Hbond substituents is 1. The molecule has 1 rings (SSSR count). The van der Waals surface area contributed by atoms with E-state index in [2.05, 4.69) is 21.2 Å². The van der Waals surface area contributed by atoms with Gasteiger partial charge in [-0.15, -0.1) is 0 Å². The van der Waals surface area contributed by atoms with Crippen LogP contribution >= 0.6 is 15.9 Å². The number of rotatable bonds is 3. The van der Waals surface area contributed by atoms with Crippen LogP contribution < -0.4 is 11.1 Å². The first-order valence-corrected chi connectivity index (χ1v) is 5.30. The minimum Gasteiger partial charge on any atom is -0.507 e. The second-order valence-electron chi connectivity index (χ2n) is 3.26. The van der Waals surface area contributed by atoms with E-state index in [0.29, 0.717) is 4.47 Å². The SMILES string of the molecule is CC(NC(=O)c1ccc(Br)c(O)c1)C(N)=O. The average Bonchev–Trinajstić information content (AvgIpc) is 2.21. The van der Waals surface area contributed by atoms with E-state index in [1.54, 1.807) is 6.07 Å². The molecular formula is C10H11BrN2O3. The first kappa shape index (κ1) is 12.5. The zero-order chi connectivity index (χ0) is 12.3. The third kappa shape index (κ3) is 2.96. The highest BCUT2D eigenvalue weighted by molar-refractivity contribution is 9.10.